The summed E-state index contributed by atoms with van der Waals surface area (Å²) in [4.78, 5) is 4.96. The van der Waals surface area contributed by atoms with E-state index in [9.17, 15) is 0 Å². The summed E-state index contributed by atoms with van der Waals surface area (Å²) in [5, 5.41) is 4.00. The number of halogens is 1. The second-order valence-electron chi connectivity index (χ2n) is 5.23. The maximum Gasteiger partial charge on any atom is 0.0471 e. The molecule has 1 aliphatic rings. The lowest BCUT2D eigenvalue weighted by Gasteiger charge is -2.40. The first-order valence-electron chi connectivity index (χ1n) is 7.07. The van der Waals surface area contributed by atoms with Gasteiger partial charge in [0.25, 0.3) is 0 Å². The van der Waals surface area contributed by atoms with E-state index in [1.54, 1.807) is 0 Å². The molecule has 1 aliphatic heterocycles. The average Bonchev–Trinajstić information content (AvgIpc) is 2.41. The van der Waals surface area contributed by atoms with E-state index < -0.39 is 0 Å². The van der Waals surface area contributed by atoms with Gasteiger partial charge in [-0.15, -0.1) is 0 Å². The number of likely N-dealkylation sites (N-methyl/N-ethyl adjacent to an activating group) is 1. The van der Waals surface area contributed by atoms with Gasteiger partial charge in [-0.05, 0) is 38.2 Å². The Morgan fingerprint density at radius 2 is 2.16 bits per heavy atom. The zero-order chi connectivity index (χ0) is 13.8. The summed E-state index contributed by atoms with van der Waals surface area (Å²) in [7, 11) is 1.94. The molecule has 1 N–H and O–H groups in total. The van der Waals surface area contributed by atoms with Crippen molar-refractivity contribution >= 4 is 17.3 Å². The van der Waals surface area contributed by atoms with E-state index in [0.717, 1.165) is 43.3 Å². The maximum atomic E-state index is 6.34. The molecule has 1 unspecified atom stereocenters. The molecule has 1 aromatic carbocycles. The highest BCUT2D eigenvalue weighted by Crippen LogP contribution is 2.25. The van der Waals surface area contributed by atoms with Crippen LogP contribution in [0.4, 0.5) is 5.69 Å². The quantitative estimate of drug-likeness (QED) is 0.915. The van der Waals surface area contributed by atoms with E-state index in [0.29, 0.717) is 6.04 Å². The molecule has 2 rings (SSSR count). The van der Waals surface area contributed by atoms with Crippen molar-refractivity contribution in [1.82, 2.24) is 10.2 Å². The van der Waals surface area contributed by atoms with E-state index >= 15 is 0 Å². The highest BCUT2D eigenvalue weighted by molar-refractivity contribution is 6.31. The summed E-state index contributed by atoms with van der Waals surface area (Å²) in [6.07, 6.45) is 0. The molecule has 0 aliphatic carbocycles. The van der Waals surface area contributed by atoms with E-state index in [1.807, 2.05) is 7.05 Å². The van der Waals surface area contributed by atoms with Crippen molar-refractivity contribution in [3.63, 3.8) is 0 Å². The van der Waals surface area contributed by atoms with Crippen molar-refractivity contribution in [2.45, 2.75) is 26.4 Å². The predicted molar refractivity (Wildman–Crippen MR) is 83.1 cm³/mol. The number of nitrogens with one attached hydrogen (secondary N) is 1. The monoisotopic (exact) mass is 281 g/mol. The molecular weight excluding hydrogens is 258 g/mol. The Bertz CT molecular complexity index is 422. The molecule has 106 valence electrons. The standard InChI is InChI=1S/C15H24ClN3/c1-4-18-7-8-19(11-12(18)2)14-6-5-13(10-17-3)15(16)9-14/h5-6,9,12,17H,4,7-8,10-11H2,1-3H3. The molecular formula is C15H24ClN3. The molecule has 0 bridgehead atoms. The SMILES string of the molecule is CCN1CCN(c2ccc(CNC)c(Cl)c2)CC1C. The Morgan fingerprint density at radius 3 is 2.74 bits per heavy atom. The van der Waals surface area contributed by atoms with Gasteiger partial charge >= 0.3 is 0 Å². The fraction of sp³-hybridized carbons (Fsp3) is 0.600. The van der Waals surface area contributed by atoms with Crippen LogP contribution in [0.25, 0.3) is 0 Å². The van der Waals surface area contributed by atoms with Gasteiger partial charge in [-0.3, -0.25) is 4.90 Å². The number of hydrogen-bond donors (Lipinski definition) is 1. The molecule has 19 heavy (non-hydrogen) atoms. The average molecular weight is 282 g/mol. The first-order valence-corrected chi connectivity index (χ1v) is 7.45. The van der Waals surface area contributed by atoms with Gasteiger partial charge in [-0.2, -0.15) is 0 Å². The van der Waals surface area contributed by atoms with Crippen molar-refractivity contribution in [2.75, 3.05) is 38.1 Å². The van der Waals surface area contributed by atoms with Gasteiger partial charge in [0.15, 0.2) is 0 Å². The van der Waals surface area contributed by atoms with Crippen LogP contribution in [-0.2, 0) is 6.54 Å². The lowest BCUT2D eigenvalue weighted by atomic mass is 10.1. The Morgan fingerprint density at radius 1 is 1.37 bits per heavy atom. The molecule has 1 atom stereocenters. The molecule has 3 nitrogen and oxygen atoms in total. The third-order valence-corrected chi connectivity index (χ3v) is 4.29. The zero-order valence-electron chi connectivity index (χ0n) is 12.1. The van der Waals surface area contributed by atoms with E-state index in [-0.39, 0.29) is 0 Å². The van der Waals surface area contributed by atoms with E-state index in [1.165, 1.54) is 5.69 Å². The lowest BCUT2D eigenvalue weighted by Crippen LogP contribution is -2.51. The Labute approximate surface area is 121 Å². The summed E-state index contributed by atoms with van der Waals surface area (Å²) in [6, 6.07) is 7.02. The van der Waals surface area contributed by atoms with Gasteiger partial charge < -0.3 is 10.2 Å². The van der Waals surface area contributed by atoms with Crippen LogP contribution in [-0.4, -0.2) is 44.2 Å². The molecule has 1 aromatic rings. The van der Waals surface area contributed by atoms with Crippen LogP contribution >= 0.6 is 11.6 Å². The topological polar surface area (TPSA) is 18.5 Å². The molecule has 0 saturated carbocycles. The number of benzene rings is 1. The Kier molecular flexibility index (Phi) is 5.08. The summed E-state index contributed by atoms with van der Waals surface area (Å²) in [5.41, 5.74) is 2.40. The van der Waals surface area contributed by atoms with Crippen molar-refractivity contribution in [3.05, 3.63) is 28.8 Å². The number of anilines is 1. The second kappa shape index (κ2) is 6.60. The minimum Gasteiger partial charge on any atom is -0.369 e. The van der Waals surface area contributed by atoms with Crippen molar-refractivity contribution in [2.24, 2.45) is 0 Å². The first-order chi connectivity index (χ1) is 9.15. The van der Waals surface area contributed by atoms with Crippen LogP contribution in [0.15, 0.2) is 18.2 Å². The molecule has 1 fully saturated rings. The fourth-order valence-electron chi connectivity index (χ4n) is 2.77. The normalized spacial score (nSPS) is 20.8. The largest absolute Gasteiger partial charge is 0.369 e. The summed E-state index contributed by atoms with van der Waals surface area (Å²) in [5.74, 6) is 0. The summed E-state index contributed by atoms with van der Waals surface area (Å²) < 4.78 is 0. The van der Waals surface area contributed by atoms with Crippen molar-refractivity contribution in [3.8, 4) is 0 Å². The smallest absolute Gasteiger partial charge is 0.0471 e. The summed E-state index contributed by atoms with van der Waals surface area (Å²) >= 11 is 6.34. The van der Waals surface area contributed by atoms with Gasteiger partial charge in [0.05, 0.1) is 0 Å². The Balaban J connectivity index is 2.08. The van der Waals surface area contributed by atoms with Crippen LogP contribution in [0.2, 0.25) is 5.02 Å². The lowest BCUT2D eigenvalue weighted by molar-refractivity contribution is 0.199. The van der Waals surface area contributed by atoms with Crippen molar-refractivity contribution in [1.29, 1.82) is 0 Å². The van der Waals surface area contributed by atoms with Gasteiger partial charge in [0.1, 0.15) is 0 Å². The van der Waals surface area contributed by atoms with Gasteiger partial charge in [0.2, 0.25) is 0 Å². The van der Waals surface area contributed by atoms with E-state index in [4.69, 9.17) is 11.6 Å². The first kappa shape index (κ1) is 14.6. The highest BCUT2D eigenvalue weighted by Gasteiger charge is 2.22. The number of piperazine rings is 1. The number of hydrogen-bond acceptors (Lipinski definition) is 3. The number of nitrogens with zero attached hydrogens (tertiary/aromatic N) is 2. The molecule has 0 aromatic heterocycles. The van der Waals surface area contributed by atoms with Gasteiger partial charge in [0, 0.05) is 42.9 Å². The van der Waals surface area contributed by atoms with E-state index in [2.05, 4.69) is 47.2 Å². The minimum atomic E-state index is 0.606. The molecule has 0 amide bonds. The predicted octanol–water partition coefficient (Wildman–Crippen LogP) is 2.59. The fourth-order valence-corrected chi connectivity index (χ4v) is 3.01. The van der Waals surface area contributed by atoms with Crippen LogP contribution in [0.5, 0.6) is 0 Å². The van der Waals surface area contributed by atoms with Crippen LogP contribution in [0.3, 0.4) is 0 Å². The zero-order valence-corrected chi connectivity index (χ0v) is 12.9. The molecule has 4 heteroatoms. The minimum absolute atomic E-state index is 0.606. The number of rotatable bonds is 4. The third-order valence-electron chi connectivity index (χ3n) is 3.94. The van der Waals surface area contributed by atoms with Crippen LogP contribution < -0.4 is 10.2 Å². The third kappa shape index (κ3) is 3.41. The van der Waals surface area contributed by atoms with Crippen LogP contribution in [0.1, 0.15) is 19.4 Å². The Hall–Kier alpha value is -0.770. The summed E-state index contributed by atoms with van der Waals surface area (Å²) in [6.45, 7) is 9.78. The van der Waals surface area contributed by atoms with Gasteiger partial charge in [-0.25, -0.2) is 0 Å². The van der Waals surface area contributed by atoms with Gasteiger partial charge in [-0.1, -0.05) is 24.6 Å². The molecule has 1 heterocycles. The highest BCUT2D eigenvalue weighted by atomic mass is 35.5. The molecule has 0 radical (unpaired) electrons. The second-order valence-corrected chi connectivity index (χ2v) is 5.64. The van der Waals surface area contributed by atoms with Crippen molar-refractivity contribution < 1.29 is 0 Å². The maximum absolute atomic E-state index is 6.34. The van der Waals surface area contributed by atoms with Crippen LogP contribution in [0, 0.1) is 0 Å². The molecule has 1 saturated heterocycles. The molecule has 0 spiro atoms.